The van der Waals surface area contributed by atoms with Crippen molar-refractivity contribution in [2.45, 2.75) is 32.9 Å². The molecule has 4 nitrogen and oxygen atoms in total. The van der Waals surface area contributed by atoms with E-state index in [1.807, 2.05) is 24.4 Å². The fourth-order valence-corrected chi connectivity index (χ4v) is 3.39. The van der Waals surface area contributed by atoms with Crippen LogP contribution in [0.1, 0.15) is 36.6 Å². The zero-order valence-electron chi connectivity index (χ0n) is 14.9. The largest absolute Gasteiger partial charge is 0.354 e. The zero-order chi connectivity index (χ0) is 17.1. The maximum Gasteiger partial charge on any atom is 0.131 e. The Balaban J connectivity index is 1.74. The Hall–Kier alpha value is -1.91. The molecule has 1 aromatic heterocycles. The summed E-state index contributed by atoms with van der Waals surface area (Å²) in [7, 11) is 0. The molecular formula is C20H28N4. The quantitative estimate of drug-likeness (QED) is 0.939. The number of anilines is 1. The van der Waals surface area contributed by atoms with Crippen LogP contribution in [0.5, 0.6) is 0 Å². The SMILES string of the molecule is Cc1cc([C@H](N)c2ccccc2)cnc1N1CCN(C(C)C)CC1. The molecule has 128 valence electrons. The van der Waals surface area contributed by atoms with Crippen molar-refractivity contribution >= 4 is 5.82 Å². The highest BCUT2D eigenvalue weighted by Gasteiger charge is 2.21. The summed E-state index contributed by atoms with van der Waals surface area (Å²) in [6.45, 7) is 10.9. The van der Waals surface area contributed by atoms with Crippen molar-refractivity contribution in [3.05, 3.63) is 59.3 Å². The second kappa shape index (κ2) is 7.32. The van der Waals surface area contributed by atoms with E-state index in [9.17, 15) is 0 Å². The first-order valence-corrected chi connectivity index (χ1v) is 8.82. The van der Waals surface area contributed by atoms with Gasteiger partial charge in [0.25, 0.3) is 0 Å². The number of piperazine rings is 1. The molecule has 2 heterocycles. The summed E-state index contributed by atoms with van der Waals surface area (Å²) < 4.78 is 0. The van der Waals surface area contributed by atoms with E-state index in [4.69, 9.17) is 10.7 Å². The van der Waals surface area contributed by atoms with Gasteiger partial charge in [0.1, 0.15) is 5.82 Å². The van der Waals surface area contributed by atoms with Crippen LogP contribution in [0.3, 0.4) is 0 Å². The predicted molar refractivity (Wildman–Crippen MR) is 100 cm³/mol. The van der Waals surface area contributed by atoms with Crippen molar-refractivity contribution in [3.8, 4) is 0 Å². The minimum Gasteiger partial charge on any atom is -0.354 e. The van der Waals surface area contributed by atoms with Crippen LogP contribution in [-0.4, -0.2) is 42.1 Å². The van der Waals surface area contributed by atoms with Crippen molar-refractivity contribution in [2.24, 2.45) is 5.73 Å². The molecule has 0 aliphatic carbocycles. The Labute approximate surface area is 145 Å². The van der Waals surface area contributed by atoms with Gasteiger partial charge in [-0.25, -0.2) is 4.98 Å². The van der Waals surface area contributed by atoms with Gasteiger partial charge in [0.15, 0.2) is 0 Å². The lowest BCUT2D eigenvalue weighted by molar-refractivity contribution is 0.209. The smallest absolute Gasteiger partial charge is 0.131 e. The fraction of sp³-hybridized carbons (Fsp3) is 0.450. The summed E-state index contributed by atoms with van der Waals surface area (Å²) in [5.41, 5.74) is 9.81. The third kappa shape index (κ3) is 3.60. The number of aryl methyl sites for hydroxylation is 1. The van der Waals surface area contributed by atoms with Crippen molar-refractivity contribution in [3.63, 3.8) is 0 Å². The Morgan fingerprint density at radius 2 is 1.67 bits per heavy atom. The van der Waals surface area contributed by atoms with Crippen molar-refractivity contribution in [1.82, 2.24) is 9.88 Å². The highest BCUT2D eigenvalue weighted by Crippen LogP contribution is 2.25. The summed E-state index contributed by atoms with van der Waals surface area (Å²) in [4.78, 5) is 9.66. The number of pyridine rings is 1. The Morgan fingerprint density at radius 1 is 1.00 bits per heavy atom. The van der Waals surface area contributed by atoms with E-state index in [1.54, 1.807) is 0 Å². The minimum absolute atomic E-state index is 0.121. The van der Waals surface area contributed by atoms with Gasteiger partial charge in [-0.05, 0) is 43.5 Å². The number of rotatable bonds is 4. The van der Waals surface area contributed by atoms with Crippen LogP contribution in [0.4, 0.5) is 5.82 Å². The molecule has 2 N–H and O–H groups in total. The summed E-state index contributed by atoms with van der Waals surface area (Å²) in [5, 5.41) is 0. The summed E-state index contributed by atoms with van der Waals surface area (Å²) in [6.07, 6.45) is 1.94. The highest BCUT2D eigenvalue weighted by molar-refractivity contribution is 5.49. The van der Waals surface area contributed by atoms with Gasteiger partial charge >= 0.3 is 0 Å². The van der Waals surface area contributed by atoms with Gasteiger partial charge in [0.2, 0.25) is 0 Å². The van der Waals surface area contributed by atoms with E-state index >= 15 is 0 Å². The molecule has 1 aliphatic heterocycles. The van der Waals surface area contributed by atoms with Crippen molar-refractivity contribution in [1.29, 1.82) is 0 Å². The molecule has 3 rings (SSSR count). The highest BCUT2D eigenvalue weighted by atomic mass is 15.3. The zero-order valence-corrected chi connectivity index (χ0v) is 14.9. The standard InChI is InChI=1S/C20H28N4/c1-15(2)23-9-11-24(12-10-23)20-16(3)13-18(14-22-20)19(21)17-7-5-4-6-8-17/h4-8,13-15,19H,9-12,21H2,1-3H3/t19-/m1/s1. The molecule has 1 atom stereocenters. The topological polar surface area (TPSA) is 45.4 Å². The molecule has 0 radical (unpaired) electrons. The van der Waals surface area contributed by atoms with E-state index in [0.717, 1.165) is 43.1 Å². The van der Waals surface area contributed by atoms with E-state index in [1.165, 1.54) is 5.56 Å². The predicted octanol–water partition coefficient (Wildman–Crippen LogP) is 2.97. The van der Waals surface area contributed by atoms with E-state index in [2.05, 4.69) is 48.8 Å². The molecule has 1 aliphatic rings. The molecule has 24 heavy (non-hydrogen) atoms. The van der Waals surface area contributed by atoms with Gasteiger partial charge in [-0.1, -0.05) is 30.3 Å². The number of benzene rings is 1. The second-order valence-corrected chi connectivity index (χ2v) is 6.91. The normalized spacial score (nSPS) is 17.3. The van der Waals surface area contributed by atoms with Crippen LogP contribution in [0.25, 0.3) is 0 Å². The first-order chi connectivity index (χ1) is 11.6. The molecule has 0 spiro atoms. The molecule has 1 aromatic carbocycles. The number of hydrogen-bond acceptors (Lipinski definition) is 4. The van der Waals surface area contributed by atoms with Gasteiger partial charge in [-0.15, -0.1) is 0 Å². The third-order valence-electron chi connectivity index (χ3n) is 4.93. The monoisotopic (exact) mass is 324 g/mol. The van der Waals surface area contributed by atoms with Crippen molar-refractivity contribution in [2.75, 3.05) is 31.1 Å². The fourth-order valence-electron chi connectivity index (χ4n) is 3.39. The van der Waals surface area contributed by atoms with E-state index in [0.29, 0.717) is 6.04 Å². The lowest BCUT2D eigenvalue weighted by atomic mass is 10.00. The van der Waals surface area contributed by atoms with Gasteiger partial charge in [-0.2, -0.15) is 0 Å². The van der Waals surface area contributed by atoms with Crippen LogP contribution < -0.4 is 10.6 Å². The lowest BCUT2D eigenvalue weighted by Crippen LogP contribution is -2.49. The molecule has 1 fully saturated rings. The molecule has 1 saturated heterocycles. The first kappa shape index (κ1) is 16.9. The molecule has 4 heteroatoms. The summed E-state index contributed by atoms with van der Waals surface area (Å²) in [6, 6.07) is 12.9. The summed E-state index contributed by atoms with van der Waals surface area (Å²) in [5.74, 6) is 1.10. The minimum atomic E-state index is -0.121. The first-order valence-electron chi connectivity index (χ1n) is 8.82. The molecule has 0 unspecified atom stereocenters. The maximum atomic E-state index is 6.40. The summed E-state index contributed by atoms with van der Waals surface area (Å²) >= 11 is 0. The maximum absolute atomic E-state index is 6.40. The molecule has 0 saturated carbocycles. The molecule has 0 amide bonds. The number of aromatic nitrogens is 1. The lowest BCUT2D eigenvalue weighted by Gasteiger charge is -2.38. The molecule has 0 bridgehead atoms. The van der Waals surface area contributed by atoms with Gasteiger partial charge in [0.05, 0.1) is 6.04 Å². The third-order valence-corrected chi connectivity index (χ3v) is 4.93. The van der Waals surface area contributed by atoms with E-state index < -0.39 is 0 Å². The Bertz CT molecular complexity index is 661. The van der Waals surface area contributed by atoms with E-state index in [-0.39, 0.29) is 6.04 Å². The number of nitrogens with two attached hydrogens (primary N) is 1. The van der Waals surface area contributed by atoms with Crippen LogP contribution in [0, 0.1) is 6.92 Å². The van der Waals surface area contributed by atoms with Gasteiger partial charge in [-0.3, -0.25) is 4.90 Å². The second-order valence-electron chi connectivity index (χ2n) is 6.91. The average molecular weight is 324 g/mol. The van der Waals surface area contributed by atoms with Gasteiger partial charge < -0.3 is 10.6 Å². The van der Waals surface area contributed by atoms with Crippen molar-refractivity contribution < 1.29 is 0 Å². The number of hydrogen-bond donors (Lipinski definition) is 1. The average Bonchev–Trinajstić information content (AvgIpc) is 2.62. The van der Waals surface area contributed by atoms with Crippen LogP contribution >= 0.6 is 0 Å². The molecular weight excluding hydrogens is 296 g/mol. The Kier molecular flexibility index (Phi) is 5.17. The number of nitrogens with zero attached hydrogens (tertiary/aromatic N) is 3. The Morgan fingerprint density at radius 3 is 2.25 bits per heavy atom. The molecule has 2 aromatic rings. The van der Waals surface area contributed by atoms with Crippen LogP contribution in [0.2, 0.25) is 0 Å². The van der Waals surface area contributed by atoms with Crippen LogP contribution in [-0.2, 0) is 0 Å². The van der Waals surface area contributed by atoms with Crippen LogP contribution in [0.15, 0.2) is 42.6 Å². The van der Waals surface area contributed by atoms with Gasteiger partial charge in [0, 0.05) is 38.4 Å².